The highest BCUT2D eigenvalue weighted by molar-refractivity contribution is 7.89. The standard InChI is InChI=1S/C17H22N2O6S/c1-12-17(13(2)25-18-12)26(20,21)19-8-9-23-11-16(10-19)24-15-6-4-14(22-3)5-7-15/h4-7,16H,8-11H2,1-3H3/t16-/m1/s1. The maximum Gasteiger partial charge on any atom is 0.248 e. The second-order valence-corrected chi connectivity index (χ2v) is 7.88. The van der Waals surface area contributed by atoms with Crippen molar-refractivity contribution in [2.24, 2.45) is 0 Å². The van der Waals surface area contributed by atoms with E-state index in [9.17, 15) is 8.42 Å². The van der Waals surface area contributed by atoms with Gasteiger partial charge in [0.25, 0.3) is 0 Å². The summed E-state index contributed by atoms with van der Waals surface area (Å²) in [7, 11) is -2.15. The lowest BCUT2D eigenvalue weighted by molar-refractivity contribution is 0.0722. The summed E-state index contributed by atoms with van der Waals surface area (Å²) in [5.74, 6) is 1.62. The van der Waals surface area contributed by atoms with Gasteiger partial charge in [0.15, 0.2) is 5.76 Å². The van der Waals surface area contributed by atoms with Gasteiger partial charge < -0.3 is 18.7 Å². The topological polar surface area (TPSA) is 91.1 Å². The van der Waals surface area contributed by atoms with Crippen molar-refractivity contribution in [3.63, 3.8) is 0 Å². The van der Waals surface area contributed by atoms with Crippen molar-refractivity contribution < 1.29 is 27.2 Å². The molecule has 0 saturated carbocycles. The lowest BCUT2D eigenvalue weighted by atomic mass is 10.3. The van der Waals surface area contributed by atoms with Crippen LogP contribution in [0.4, 0.5) is 0 Å². The molecule has 1 atom stereocenters. The molecule has 0 unspecified atom stereocenters. The Kier molecular flexibility index (Phi) is 5.49. The van der Waals surface area contributed by atoms with Crippen LogP contribution in [-0.4, -0.2) is 57.4 Å². The fourth-order valence-electron chi connectivity index (χ4n) is 2.86. The highest BCUT2D eigenvalue weighted by atomic mass is 32.2. The molecule has 0 spiro atoms. The van der Waals surface area contributed by atoms with Gasteiger partial charge in [-0.1, -0.05) is 5.16 Å². The first kappa shape index (κ1) is 18.7. The summed E-state index contributed by atoms with van der Waals surface area (Å²) in [6.45, 7) is 4.23. The van der Waals surface area contributed by atoms with E-state index >= 15 is 0 Å². The number of rotatable bonds is 5. The van der Waals surface area contributed by atoms with Gasteiger partial charge in [-0.2, -0.15) is 4.31 Å². The van der Waals surface area contributed by atoms with Gasteiger partial charge >= 0.3 is 0 Å². The van der Waals surface area contributed by atoms with Crippen LogP contribution in [0.5, 0.6) is 11.5 Å². The number of sulfonamides is 1. The van der Waals surface area contributed by atoms with Gasteiger partial charge in [0.2, 0.25) is 10.0 Å². The Morgan fingerprint density at radius 1 is 1.19 bits per heavy atom. The Morgan fingerprint density at radius 3 is 2.50 bits per heavy atom. The molecule has 0 amide bonds. The van der Waals surface area contributed by atoms with Crippen LogP contribution in [0.25, 0.3) is 0 Å². The van der Waals surface area contributed by atoms with Gasteiger partial charge in [0.05, 0.1) is 26.9 Å². The molecule has 1 aromatic heterocycles. The van der Waals surface area contributed by atoms with Crippen LogP contribution in [0.15, 0.2) is 33.7 Å². The van der Waals surface area contributed by atoms with E-state index < -0.39 is 16.1 Å². The average molecular weight is 382 g/mol. The molecule has 8 nitrogen and oxygen atoms in total. The molecule has 3 rings (SSSR count). The lowest BCUT2D eigenvalue weighted by Crippen LogP contribution is -2.40. The number of nitrogens with zero attached hydrogens (tertiary/aromatic N) is 2. The molecule has 0 radical (unpaired) electrons. The molecule has 1 aliphatic rings. The highest BCUT2D eigenvalue weighted by Crippen LogP contribution is 2.25. The Morgan fingerprint density at radius 2 is 1.88 bits per heavy atom. The van der Waals surface area contributed by atoms with E-state index in [0.717, 1.165) is 5.75 Å². The summed E-state index contributed by atoms with van der Waals surface area (Å²) < 4.78 is 49.0. The van der Waals surface area contributed by atoms with E-state index in [-0.39, 0.29) is 23.7 Å². The van der Waals surface area contributed by atoms with Crippen LogP contribution in [0.2, 0.25) is 0 Å². The minimum atomic E-state index is -3.74. The quantitative estimate of drug-likeness (QED) is 0.778. The minimum Gasteiger partial charge on any atom is -0.497 e. The summed E-state index contributed by atoms with van der Waals surface area (Å²) in [5, 5.41) is 3.75. The zero-order chi connectivity index (χ0) is 18.7. The Hall–Kier alpha value is -2.10. The van der Waals surface area contributed by atoms with Crippen molar-refractivity contribution in [2.45, 2.75) is 24.8 Å². The smallest absolute Gasteiger partial charge is 0.248 e. The summed E-state index contributed by atoms with van der Waals surface area (Å²) in [5.41, 5.74) is 0.347. The molecule has 26 heavy (non-hydrogen) atoms. The van der Waals surface area contributed by atoms with Crippen LogP contribution in [0.1, 0.15) is 11.5 Å². The number of hydrogen-bond donors (Lipinski definition) is 0. The van der Waals surface area contributed by atoms with Gasteiger partial charge in [0.1, 0.15) is 28.2 Å². The summed E-state index contributed by atoms with van der Waals surface area (Å²) >= 11 is 0. The third kappa shape index (κ3) is 3.84. The molecule has 9 heteroatoms. The third-order valence-corrected chi connectivity index (χ3v) is 6.23. The van der Waals surface area contributed by atoms with Crippen molar-refractivity contribution in [1.82, 2.24) is 9.46 Å². The van der Waals surface area contributed by atoms with Gasteiger partial charge in [0, 0.05) is 6.54 Å². The monoisotopic (exact) mass is 382 g/mol. The van der Waals surface area contributed by atoms with E-state index in [0.29, 0.717) is 24.7 Å². The number of methoxy groups -OCH3 is 1. The predicted octanol–water partition coefficient (Wildman–Crippen LogP) is 1.77. The zero-order valence-corrected chi connectivity index (χ0v) is 15.8. The maximum absolute atomic E-state index is 13.0. The molecule has 2 aromatic rings. The van der Waals surface area contributed by atoms with Crippen LogP contribution in [-0.2, 0) is 14.8 Å². The van der Waals surface area contributed by atoms with Crippen molar-refractivity contribution in [1.29, 1.82) is 0 Å². The molecule has 1 saturated heterocycles. The molecular formula is C17H22N2O6S. The zero-order valence-electron chi connectivity index (χ0n) is 15.0. The largest absolute Gasteiger partial charge is 0.497 e. The van der Waals surface area contributed by atoms with Crippen LogP contribution in [0, 0.1) is 13.8 Å². The summed E-state index contributed by atoms with van der Waals surface area (Å²) in [4.78, 5) is 0.114. The van der Waals surface area contributed by atoms with Crippen molar-refractivity contribution in [3.05, 3.63) is 35.7 Å². The lowest BCUT2D eigenvalue weighted by Gasteiger charge is -2.23. The maximum atomic E-state index is 13.0. The second-order valence-electron chi connectivity index (χ2n) is 6.01. The highest BCUT2D eigenvalue weighted by Gasteiger charge is 2.34. The second kappa shape index (κ2) is 7.65. The number of aromatic nitrogens is 1. The number of hydrogen-bond acceptors (Lipinski definition) is 7. The predicted molar refractivity (Wildman–Crippen MR) is 93.0 cm³/mol. The van der Waals surface area contributed by atoms with E-state index in [1.165, 1.54) is 4.31 Å². The first-order valence-corrected chi connectivity index (χ1v) is 9.67. The van der Waals surface area contributed by atoms with Crippen molar-refractivity contribution in [2.75, 3.05) is 33.4 Å². The van der Waals surface area contributed by atoms with Crippen LogP contribution < -0.4 is 9.47 Å². The van der Waals surface area contributed by atoms with Gasteiger partial charge in [-0.25, -0.2) is 8.42 Å². The Bertz CT molecular complexity index is 827. The van der Waals surface area contributed by atoms with Gasteiger partial charge in [-0.15, -0.1) is 0 Å². The Labute approximate surface area is 152 Å². The molecule has 0 bridgehead atoms. The van der Waals surface area contributed by atoms with Gasteiger partial charge in [-0.3, -0.25) is 0 Å². The van der Waals surface area contributed by atoms with E-state index in [1.54, 1.807) is 45.2 Å². The molecule has 1 aliphatic heterocycles. The van der Waals surface area contributed by atoms with Crippen LogP contribution >= 0.6 is 0 Å². The molecule has 0 N–H and O–H groups in total. The molecule has 2 heterocycles. The molecule has 1 fully saturated rings. The number of ether oxygens (including phenoxy) is 3. The average Bonchev–Trinajstić information content (AvgIpc) is 2.82. The van der Waals surface area contributed by atoms with E-state index in [4.69, 9.17) is 18.7 Å². The third-order valence-electron chi connectivity index (χ3n) is 4.12. The van der Waals surface area contributed by atoms with Crippen molar-refractivity contribution in [3.8, 4) is 11.5 Å². The van der Waals surface area contributed by atoms with E-state index in [2.05, 4.69) is 5.16 Å². The fourth-order valence-corrected chi connectivity index (χ4v) is 4.61. The normalized spacial score (nSPS) is 19.1. The van der Waals surface area contributed by atoms with E-state index in [1.807, 2.05) is 0 Å². The fraction of sp³-hybridized carbons (Fsp3) is 0.471. The first-order chi connectivity index (χ1) is 12.4. The molecular weight excluding hydrogens is 360 g/mol. The number of aryl methyl sites for hydroxylation is 2. The molecule has 1 aromatic carbocycles. The Balaban J connectivity index is 1.78. The summed E-state index contributed by atoms with van der Waals surface area (Å²) in [6, 6.07) is 7.12. The SMILES string of the molecule is COc1ccc(O[C@H]2COCCN(S(=O)(=O)c3c(C)noc3C)C2)cc1. The number of benzene rings is 1. The molecule has 0 aliphatic carbocycles. The molecule has 142 valence electrons. The minimum absolute atomic E-state index is 0.114. The van der Waals surface area contributed by atoms with Gasteiger partial charge in [-0.05, 0) is 38.1 Å². The first-order valence-electron chi connectivity index (χ1n) is 8.23. The van der Waals surface area contributed by atoms with Crippen LogP contribution in [0.3, 0.4) is 0 Å². The summed E-state index contributed by atoms with van der Waals surface area (Å²) in [6.07, 6.45) is -0.429. The van der Waals surface area contributed by atoms with Crippen molar-refractivity contribution >= 4 is 10.0 Å².